The number of rotatable bonds is 4. The van der Waals surface area contributed by atoms with Crippen LogP contribution in [0.3, 0.4) is 0 Å². The zero-order valence-electron chi connectivity index (χ0n) is 23.2. The van der Waals surface area contributed by atoms with Crippen LogP contribution >= 0.6 is 0 Å². The van der Waals surface area contributed by atoms with Gasteiger partial charge in [0.15, 0.2) is 0 Å². The van der Waals surface area contributed by atoms with E-state index in [1.165, 1.54) is 72.0 Å². The van der Waals surface area contributed by atoms with E-state index < -0.39 is 0 Å². The van der Waals surface area contributed by atoms with Crippen molar-refractivity contribution in [3.05, 3.63) is 186 Å². The number of benzene rings is 6. The summed E-state index contributed by atoms with van der Waals surface area (Å²) in [6.45, 7) is 0. The topological polar surface area (TPSA) is 12.9 Å². The molecule has 0 N–H and O–H groups in total. The first-order chi connectivity index (χ1) is 20.8. The van der Waals surface area contributed by atoms with Crippen LogP contribution in [0.2, 0.25) is 0 Å². The predicted molar refractivity (Wildman–Crippen MR) is 175 cm³/mol. The molecule has 0 saturated heterocycles. The number of aromatic nitrogens is 1. The molecule has 1 aromatic heterocycles. The minimum Gasteiger partial charge on any atom is -0.265 e. The summed E-state index contributed by atoms with van der Waals surface area (Å²) in [6.07, 6.45) is 4.67. The lowest BCUT2D eigenvalue weighted by Crippen LogP contribution is -2.16. The molecule has 1 atom stereocenters. The van der Waals surface area contributed by atoms with Crippen LogP contribution in [-0.2, 0) is 6.42 Å². The first-order valence-electron chi connectivity index (χ1n) is 14.6. The fourth-order valence-corrected chi connectivity index (χ4v) is 6.87. The third-order valence-corrected chi connectivity index (χ3v) is 8.77. The number of nitrogens with zero attached hydrogens (tertiary/aromatic N) is 1. The van der Waals surface area contributed by atoms with Crippen molar-refractivity contribution in [2.75, 3.05) is 0 Å². The highest BCUT2D eigenvalue weighted by atomic mass is 14.6. The third-order valence-electron chi connectivity index (χ3n) is 8.77. The minimum atomic E-state index is 0.192. The van der Waals surface area contributed by atoms with Crippen LogP contribution in [0.15, 0.2) is 158 Å². The van der Waals surface area contributed by atoms with Crippen molar-refractivity contribution >= 4 is 10.8 Å². The quantitative estimate of drug-likeness (QED) is 0.218. The number of pyridine rings is 1. The summed E-state index contributed by atoms with van der Waals surface area (Å²) >= 11 is 0. The molecule has 8 rings (SSSR count). The number of hydrogen-bond donors (Lipinski definition) is 0. The molecule has 0 aliphatic heterocycles. The Labute approximate surface area is 246 Å². The van der Waals surface area contributed by atoms with Gasteiger partial charge in [0, 0.05) is 18.3 Å². The second kappa shape index (κ2) is 10.3. The van der Waals surface area contributed by atoms with E-state index in [9.17, 15) is 0 Å². The van der Waals surface area contributed by atoms with Gasteiger partial charge in [-0.3, -0.25) is 4.98 Å². The summed E-state index contributed by atoms with van der Waals surface area (Å²) in [5.74, 6) is 0.192. The molecule has 0 spiro atoms. The van der Waals surface area contributed by atoms with Crippen LogP contribution < -0.4 is 0 Å². The fourth-order valence-electron chi connectivity index (χ4n) is 6.87. The maximum atomic E-state index is 4.20. The average molecular weight is 536 g/mol. The largest absolute Gasteiger partial charge is 0.265 e. The highest BCUT2D eigenvalue weighted by molar-refractivity contribution is 6.05. The summed E-state index contributed by atoms with van der Waals surface area (Å²) in [4.78, 5) is 4.20. The molecule has 0 fully saturated rings. The van der Waals surface area contributed by atoms with Crippen molar-refractivity contribution in [3.8, 4) is 33.4 Å². The molecule has 1 heterocycles. The van der Waals surface area contributed by atoms with Crippen molar-refractivity contribution in [1.82, 2.24) is 4.98 Å². The Morgan fingerprint density at radius 1 is 0.452 bits per heavy atom. The monoisotopic (exact) mass is 535 g/mol. The molecule has 1 unspecified atom stereocenters. The lowest BCUT2D eigenvalue weighted by atomic mass is 9.72. The van der Waals surface area contributed by atoms with Gasteiger partial charge in [0.2, 0.25) is 0 Å². The Hall–Kier alpha value is -5.27. The van der Waals surface area contributed by atoms with E-state index in [0.29, 0.717) is 0 Å². The Morgan fingerprint density at radius 3 is 1.98 bits per heavy atom. The van der Waals surface area contributed by atoms with E-state index >= 15 is 0 Å². The molecule has 42 heavy (non-hydrogen) atoms. The third kappa shape index (κ3) is 4.14. The summed E-state index contributed by atoms with van der Waals surface area (Å²) in [5.41, 5.74) is 14.5. The standard InChI is InChI=1S/C41H29N/c1-2-10-29(11-3-1)40-35-16-5-4-12-32(35)27-33-15-9-19-39(41(33)40)38-21-20-34(36-17-6-7-18-37(36)38)31-14-8-13-30(26-31)28-22-24-42-25-23-28/h1-26,40H,27H2. The lowest BCUT2D eigenvalue weighted by Gasteiger charge is -2.31. The molecular formula is C41H29N. The van der Waals surface area contributed by atoms with Crippen LogP contribution in [-0.4, -0.2) is 4.98 Å². The van der Waals surface area contributed by atoms with E-state index in [-0.39, 0.29) is 5.92 Å². The first kappa shape index (κ1) is 24.5. The maximum Gasteiger partial charge on any atom is 0.0351 e. The van der Waals surface area contributed by atoms with E-state index in [1.54, 1.807) is 0 Å². The molecule has 198 valence electrons. The molecule has 1 aliphatic rings. The van der Waals surface area contributed by atoms with Crippen LogP contribution in [0.25, 0.3) is 44.2 Å². The van der Waals surface area contributed by atoms with Crippen molar-refractivity contribution < 1.29 is 0 Å². The Kier molecular flexibility index (Phi) is 6.00. The molecule has 6 aromatic carbocycles. The number of hydrogen-bond acceptors (Lipinski definition) is 1. The molecule has 1 heteroatoms. The van der Waals surface area contributed by atoms with Gasteiger partial charge in [-0.2, -0.15) is 0 Å². The highest BCUT2D eigenvalue weighted by Crippen LogP contribution is 2.47. The molecule has 7 aromatic rings. The molecular weight excluding hydrogens is 506 g/mol. The molecule has 0 bridgehead atoms. The van der Waals surface area contributed by atoms with Crippen LogP contribution in [0.4, 0.5) is 0 Å². The maximum absolute atomic E-state index is 4.20. The van der Waals surface area contributed by atoms with E-state index in [1.807, 2.05) is 12.4 Å². The van der Waals surface area contributed by atoms with E-state index in [4.69, 9.17) is 0 Å². The molecule has 1 aliphatic carbocycles. The summed E-state index contributed by atoms with van der Waals surface area (Å²) in [5, 5.41) is 2.55. The van der Waals surface area contributed by atoms with Gasteiger partial charge in [0.05, 0.1) is 0 Å². The number of fused-ring (bicyclic) bond motifs is 3. The first-order valence-corrected chi connectivity index (χ1v) is 14.6. The van der Waals surface area contributed by atoms with Gasteiger partial charge in [-0.25, -0.2) is 0 Å². The second-order valence-corrected chi connectivity index (χ2v) is 11.1. The van der Waals surface area contributed by atoms with Crippen LogP contribution in [0, 0.1) is 0 Å². The smallest absolute Gasteiger partial charge is 0.0351 e. The van der Waals surface area contributed by atoms with Gasteiger partial charge >= 0.3 is 0 Å². The predicted octanol–water partition coefficient (Wildman–Crippen LogP) is 10.3. The SMILES string of the molecule is c1ccc(C2c3ccccc3Cc3cccc(-c4ccc(-c5cccc(-c6ccncc6)c5)c5ccccc45)c32)cc1. The lowest BCUT2D eigenvalue weighted by molar-refractivity contribution is 0.888. The van der Waals surface area contributed by atoms with Gasteiger partial charge in [-0.05, 0) is 96.6 Å². The second-order valence-electron chi connectivity index (χ2n) is 11.1. The molecule has 0 amide bonds. The van der Waals surface area contributed by atoms with Crippen molar-refractivity contribution in [1.29, 1.82) is 0 Å². The van der Waals surface area contributed by atoms with Crippen molar-refractivity contribution in [2.24, 2.45) is 0 Å². The Bertz CT molecular complexity index is 2060. The average Bonchev–Trinajstić information content (AvgIpc) is 3.07. The Morgan fingerprint density at radius 2 is 1.12 bits per heavy atom. The summed E-state index contributed by atoms with van der Waals surface area (Å²) < 4.78 is 0. The van der Waals surface area contributed by atoms with Gasteiger partial charge in [-0.1, -0.05) is 127 Å². The highest BCUT2D eigenvalue weighted by Gasteiger charge is 2.29. The summed E-state index contributed by atoms with van der Waals surface area (Å²) in [7, 11) is 0. The molecule has 1 nitrogen and oxygen atoms in total. The van der Waals surface area contributed by atoms with E-state index in [0.717, 1.165) is 6.42 Å². The minimum absolute atomic E-state index is 0.192. The van der Waals surface area contributed by atoms with Gasteiger partial charge in [-0.15, -0.1) is 0 Å². The van der Waals surface area contributed by atoms with Gasteiger partial charge < -0.3 is 0 Å². The van der Waals surface area contributed by atoms with Crippen molar-refractivity contribution in [3.63, 3.8) is 0 Å². The molecule has 0 radical (unpaired) electrons. The van der Waals surface area contributed by atoms with Gasteiger partial charge in [0.25, 0.3) is 0 Å². The van der Waals surface area contributed by atoms with E-state index in [2.05, 4.69) is 151 Å². The zero-order chi connectivity index (χ0) is 27.9. The van der Waals surface area contributed by atoms with Crippen LogP contribution in [0.5, 0.6) is 0 Å². The Balaban J connectivity index is 1.33. The van der Waals surface area contributed by atoms with Crippen LogP contribution in [0.1, 0.15) is 33.7 Å². The molecule has 0 saturated carbocycles. The summed E-state index contributed by atoms with van der Waals surface area (Å²) in [6, 6.07) is 53.4. The van der Waals surface area contributed by atoms with Crippen molar-refractivity contribution in [2.45, 2.75) is 12.3 Å². The normalized spacial score (nSPS) is 13.9. The zero-order valence-corrected chi connectivity index (χ0v) is 23.2. The van der Waals surface area contributed by atoms with Gasteiger partial charge in [0.1, 0.15) is 0 Å². The fraction of sp³-hybridized carbons (Fsp3) is 0.0488.